The van der Waals surface area contributed by atoms with Crippen LogP contribution < -0.4 is 16.0 Å². The number of hydrogen-bond acceptors (Lipinski definition) is 5. The summed E-state index contributed by atoms with van der Waals surface area (Å²) in [7, 11) is 0. The van der Waals surface area contributed by atoms with Crippen molar-refractivity contribution < 1.29 is 23.6 Å². The Morgan fingerprint density at radius 2 is 1.80 bits per heavy atom. The Morgan fingerprint density at radius 1 is 1.11 bits per heavy atom. The molecule has 0 atom stereocenters. The Labute approximate surface area is 204 Å². The number of nitrogens with zero attached hydrogens (tertiary/aromatic N) is 1. The van der Waals surface area contributed by atoms with E-state index in [1.807, 2.05) is 0 Å². The van der Waals surface area contributed by atoms with E-state index in [4.69, 9.17) is 4.42 Å². The van der Waals surface area contributed by atoms with Gasteiger partial charge in [-0.3, -0.25) is 19.3 Å². The van der Waals surface area contributed by atoms with Crippen LogP contribution in [0.25, 0.3) is 0 Å². The second-order valence-corrected chi connectivity index (χ2v) is 10.1. The minimum atomic E-state index is -0.909. The summed E-state index contributed by atoms with van der Waals surface area (Å²) >= 11 is 0. The fraction of sp³-hybridized carbons (Fsp3) is 0.462. The number of rotatable bonds is 7. The van der Waals surface area contributed by atoms with Gasteiger partial charge in [0.05, 0.1) is 6.26 Å². The van der Waals surface area contributed by atoms with Gasteiger partial charge in [-0.1, -0.05) is 33.3 Å². The summed E-state index contributed by atoms with van der Waals surface area (Å²) in [6, 6.07) is 9.22. The molecule has 5 amide bonds. The number of nitrogens with one attached hydrogen (secondary N) is 3. The third kappa shape index (κ3) is 5.08. The number of hydrogen-bond donors (Lipinski definition) is 3. The molecule has 9 nitrogen and oxygen atoms in total. The van der Waals surface area contributed by atoms with Crippen molar-refractivity contribution in [3.8, 4) is 0 Å². The number of carbonyl (C=O) groups is 4. The van der Waals surface area contributed by atoms with Crippen molar-refractivity contribution in [2.45, 2.75) is 58.4 Å². The number of amides is 5. The maximum Gasteiger partial charge on any atom is 0.325 e. The Morgan fingerprint density at radius 3 is 2.43 bits per heavy atom. The first-order chi connectivity index (χ1) is 16.6. The van der Waals surface area contributed by atoms with E-state index in [2.05, 4.69) is 36.7 Å². The lowest BCUT2D eigenvalue weighted by atomic mass is 9.65. The fourth-order valence-electron chi connectivity index (χ4n) is 4.96. The molecule has 2 heterocycles. The van der Waals surface area contributed by atoms with Crippen LogP contribution in [-0.4, -0.2) is 40.7 Å². The van der Waals surface area contributed by atoms with Gasteiger partial charge in [-0.2, -0.15) is 0 Å². The van der Waals surface area contributed by atoms with Crippen LogP contribution >= 0.6 is 0 Å². The van der Waals surface area contributed by atoms with Crippen LogP contribution in [0.15, 0.2) is 47.1 Å². The van der Waals surface area contributed by atoms with E-state index in [0.717, 1.165) is 24.2 Å². The lowest BCUT2D eigenvalue weighted by molar-refractivity contribution is -0.135. The molecule has 1 aliphatic heterocycles. The molecule has 1 spiro atoms. The number of benzene rings is 1. The van der Waals surface area contributed by atoms with Crippen molar-refractivity contribution in [3.05, 3.63) is 48.4 Å². The largest absolute Gasteiger partial charge is 0.459 e. The summed E-state index contributed by atoms with van der Waals surface area (Å²) < 4.78 is 5.08. The summed E-state index contributed by atoms with van der Waals surface area (Å²) in [5.74, 6) is -0.578. The predicted molar refractivity (Wildman–Crippen MR) is 131 cm³/mol. The van der Waals surface area contributed by atoms with Crippen LogP contribution in [-0.2, 0) is 9.59 Å². The van der Waals surface area contributed by atoms with Crippen molar-refractivity contribution in [1.82, 2.24) is 10.2 Å². The first kappa shape index (κ1) is 24.5. The van der Waals surface area contributed by atoms with Gasteiger partial charge in [0, 0.05) is 11.4 Å². The highest BCUT2D eigenvalue weighted by Crippen LogP contribution is 2.45. The van der Waals surface area contributed by atoms with Gasteiger partial charge in [0.2, 0.25) is 5.91 Å². The highest BCUT2D eigenvalue weighted by Gasteiger charge is 2.53. The van der Waals surface area contributed by atoms with Crippen LogP contribution in [0.5, 0.6) is 0 Å². The standard InChI is InChI=1S/C26H32N4O5/c1-4-25(2,3)17-10-12-26(13-11-17)23(33)30(24(34)29-26)16-21(31)27-18-7-5-8-19(15-18)28-22(32)20-9-6-14-35-20/h5-9,14-15,17H,4,10-13,16H2,1-3H3,(H,27,31)(H,28,32)(H,29,34). The molecule has 1 aliphatic carbocycles. The molecule has 2 aliphatic rings. The monoisotopic (exact) mass is 480 g/mol. The molecule has 9 heteroatoms. The van der Waals surface area contributed by atoms with Gasteiger partial charge >= 0.3 is 6.03 Å². The predicted octanol–water partition coefficient (Wildman–Crippen LogP) is 4.39. The van der Waals surface area contributed by atoms with Crippen LogP contribution in [0.2, 0.25) is 0 Å². The molecule has 2 aromatic rings. The van der Waals surface area contributed by atoms with E-state index in [9.17, 15) is 19.2 Å². The maximum absolute atomic E-state index is 13.2. The van der Waals surface area contributed by atoms with Gasteiger partial charge in [0.1, 0.15) is 12.1 Å². The second kappa shape index (κ2) is 9.56. The molecule has 3 N–H and O–H groups in total. The summed E-state index contributed by atoms with van der Waals surface area (Å²) in [6.45, 7) is 6.30. The number of furan rings is 1. The third-order valence-electron chi connectivity index (χ3n) is 7.55. The van der Waals surface area contributed by atoms with Gasteiger partial charge < -0.3 is 20.4 Å². The molecule has 35 heavy (non-hydrogen) atoms. The molecule has 186 valence electrons. The second-order valence-electron chi connectivity index (χ2n) is 10.1. The molecule has 1 saturated carbocycles. The van der Waals surface area contributed by atoms with E-state index >= 15 is 0 Å². The number of urea groups is 1. The van der Waals surface area contributed by atoms with Gasteiger partial charge in [-0.25, -0.2) is 4.79 Å². The average molecular weight is 481 g/mol. The zero-order chi connectivity index (χ0) is 25.2. The molecule has 1 aromatic heterocycles. The first-order valence-electron chi connectivity index (χ1n) is 12.0. The van der Waals surface area contributed by atoms with Gasteiger partial charge in [-0.15, -0.1) is 0 Å². The summed E-state index contributed by atoms with van der Waals surface area (Å²) in [6.07, 6.45) is 5.36. The minimum Gasteiger partial charge on any atom is -0.459 e. The highest BCUT2D eigenvalue weighted by atomic mass is 16.3. The average Bonchev–Trinajstić information content (AvgIpc) is 3.44. The molecule has 0 bridgehead atoms. The van der Waals surface area contributed by atoms with E-state index in [0.29, 0.717) is 30.1 Å². The van der Waals surface area contributed by atoms with Crippen LogP contribution in [0.3, 0.4) is 0 Å². The summed E-state index contributed by atoms with van der Waals surface area (Å²) in [4.78, 5) is 51.7. The van der Waals surface area contributed by atoms with Crippen LogP contribution in [0.4, 0.5) is 16.2 Å². The Bertz CT molecular complexity index is 1120. The third-order valence-corrected chi connectivity index (χ3v) is 7.55. The summed E-state index contributed by atoms with van der Waals surface area (Å²) in [5.41, 5.74) is 0.174. The minimum absolute atomic E-state index is 0.166. The Hall–Kier alpha value is -3.62. The van der Waals surface area contributed by atoms with Gasteiger partial charge in [-0.05, 0) is 67.3 Å². The Kier molecular flexibility index (Phi) is 6.69. The van der Waals surface area contributed by atoms with E-state index < -0.39 is 23.4 Å². The summed E-state index contributed by atoms with van der Waals surface area (Å²) in [5, 5.41) is 8.26. The number of anilines is 2. The number of imide groups is 1. The molecule has 2 fully saturated rings. The van der Waals surface area contributed by atoms with Crippen LogP contribution in [0, 0.1) is 11.3 Å². The van der Waals surface area contributed by atoms with E-state index in [1.165, 1.54) is 6.26 Å². The molecular weight excluding hydrogens is 448 g/mol. The first-order valence-corrected chi connectivity index (χ1v) is 12.0. The zero-order valence-corrected chi connectivity index (χ0v) is 20.3. The topological polar surface area (TPSA) is 121 Å². The maximum atomic E-state index is 13.2. The fourth-order valence-corrected chi connectivity index (χ4v) is 4.96. The SMILES string of the molecule is CCC(C)(C)C1CCC2(CC1)NC(=O)N(CC(=O)Nc1cccc(NC(=O)c3ccco3)c1)C2=O. The van der Waals surface area contributed by atoms with Crippen LogP contribution in [0.1, 0.15) is 63.4 Å². The van der Waals surface area contributed by atoms with Crippen molar-refractivity contribution in [2.75, 3.05) is 17.2 Å². The highest BCUT2D eigenvalue weighted by molar-refractivity contribution is 6.10. The molecule has 4 rings (SSSR count). The molecular formula is C26H32N4O5. The van der Waals surface area contributed by atoms with E-state index in [1.54, 1.807) is 36.4 Å². The van der Waals surface area contributed by atoms with E-state index in [-0.39, 0.29) is 23.6 Å². The molecule has 1 saturated heterocycles. The molecule has 0 radical (unpaired) electrons. The zero-order valence-electron chi connectivity index (χ0n) is 20.3. The quantitative estimate of drug-likeness (QED) is 0.508. The lowest BCUT2D eigenvalue weighted by Crippen LogP contribution is -2.51. The van der Waals surface area contributed by atoms with Crippen molar-refractivity contribution in [3.63, 3.8) is 0 Å². The Balaban J connectivity index is 1.35. The van der Waals surface area contributed by atoms with Crippen molar-refractivity contribution >= 4 is 35.1 Å². The van der Waals surface area contributed by atoms with Gasteiger partial charge in [0.25, 0.3) is 11.8 Å². The van der Waals surface area contributed by atoms with Gasteiger partial charge in [0.15, 0.2) is 5.76 Å². The normalized spacial score (nSPS) is 22.3. The molecule has 0 unspecified atom stereocenters. The smallest absolute Gasteiger partial charge is 0.325 e. The van der Waals surface area contributed by atoms with Crippen molar-refractivity contribution in [1.29, 1.82) is 0 Å². The number of carbonyl (C=O) groups excluding carboxylic acids is 4. The molecule has 1 aromatic carbocycles. The lowest BCUT2D eigenvalue weighted by Gasteiger charge is -2.42. The van der Waals surface area contributed by atoms with Crippen molar-refractivity contribution in [2.24, 2.45) is 11.3 Å².